The number of nitrogens with zero attached hydrogens (tertiary/aromatic N) is 3. The van der Waals surface area contributed by atoms with Gasteiger partial charge in [-0.25, -0.2) is 0 Å². The molecule has 0 aliphatic heterocycles. The molecule has 134 valence electrons. The van der Waals surface area contributed by atoms with E-state index in [2.05, 4.69) is 97.6 Å². The van der Waals surface area contributed by atoms with Crippen molar-refractivity contribution in [2.24, 2.45) is 15.9 Å². The lowest BCUT2D eigenvalue weighted by Gasteiger charge is -2.09. The van der Waals surface area contributed by atoms with Crippen LogP contribution in [0.4, 0.5) is 0 Å². The summed E-state index contributed by atoms with van der Waals surface area (Å²) in [6, 6.07) is 21.2. The lowest BCUT2D eigenvalue weighted by atomic mass is 10.0. The van der Waals surface area contributed by atoms with Crippen LogP contribution < -0.4 is 5.73 Å². The third kappa shape index (κ3) is 3.64. The summed E-state index contributed by atoms with van der Waals surface area (Å²) in [6.45, 7) is 2.50. The predicted molar refractivity (Wildman–Crippen MR) is 118 cm³/mol. The Kier molecular flexibility index (Phi) is 4.77. The number of rotatable bonds is 4. The van der Waals surface area contributed by atoms with Gasteiger partial charge in [-0.15, -0.1) is 5.10 Å². The van der Waals surface area contributed by atoms with Gasteiger partial charge in [-0.3, -0.25) is 0 Å². The first-order chi connectivity index (χ1) is 13.1. The van der Waals surface area contributed by atoms with Crippen LogP contribution in [0.2, 0.25) is 0 Å². The molecule has 3 aromatic carbocycles. The van der Waals surface area contributed by atoms with E-state index in [0.29, 0.717) is 5.84 Å². The lowest BCUT2D eigenvalue weighted by molar-refractivity contribution is 0.842. The van der Waals surface area contributed by atoms with Gasteiger partial charge in [0.25, 0.3) is 0 Å². The molecular weight excluding hydrogens is 400 g/mol. The fourth-order valence-corrected chi connectivity index (χ4v) is 3.69. The second-order valence-corrected chi connectivity index (χ2v) is 7.41. The molecule has 0 saturated heterocycles. The zero-order valence-corrected chi connectivity index (χ0v) is 16.5. The fraction of sp³-hybridized carbons (Fsp3) is 0.0909. The topological polar surface area (TPSA) is 55.7 Å². The maximum atomic E-state index is 5.58. The molecule has 0 aliphatic carbocycles. The fourth-order valence-electron chi connectivity index (χ4n) is 3.33. The molecule has 1 heterocycles. The van der Waals surface area contributed by atoms with Gasteiger partial charge in [-0.2, -0.15) is 5.10 Å². The number of amidine groups is 1. The minimum absolute atomic E-state index is 0.437. The summed E-state index contributed by atoms with van der Waals surface area (Å²) in [5.74, 6) is 0.437. The number of hydrogen-bond donors (Lipinski definition) is 1. The highest BCUT2D eigenvalue weighted by Crippen LogP contribution is 2.27. The van der Waals surface area contributed by atoms with Crippen molar-refractivity contribution in [2.75, 3.05) is 0 Å². The standard InChI is InChI=1S/C22H19BrN4/c1-15(24)26-25-12-18-14-27(22-10-9-19(23)11-21(18)22)13-17-7-4-6-16-5-2-3-8-20(16)17/h2-12,14H,13H2,1H3,(H2,24,26)/b25-12+. The second-order valence-electron chi connectivity index (χ2n) is 6.50. The van der Waals surface area contributed by atoms with Crippen LogP contribution in [-0.4, -0.2) is 16.6 Å². The molecule has 4 nitrogen and oxygen atoms in total. The molecule has 0 radical (unpaired) electrons. The van der Waals surface area contributed by atoms with Gasteiger partial charge in [0.15, 0.2) is 0 Å². The number of halogens is 1. The first-order valence-electron chi connectivity index (χ1n) is 8.70. The van der Waals surface area contributed by atoms with Crippen LogP contribution in [-0.2, 0) is 6.54 Å². The Morgan fingerprint density at radius 1 is 1.07 bits per heavy atom. The van der Waals surface area contributed by atoms with Crippen molar-refractivity contribution in [1.29, 1.82) is 0 Å². The molecule has 0 bridgehead atoms. The molecule has 0 amide bonds. The summed E-state index contributed by atoms with van der Waals surface area (Å²) in [5, 5.41) is 11.7. The zero-order valence-electron chi connectivity index (χ0n) is 14.9. The van der Waals surface area contributed by atoms with E-state index in [-0.39, 0.29) is 0 Å². The third-order valence-electron chi connectivity index (χ3n) is 4.51. The minimum atomic E-state index is 0.437. The first kappa shape index (κ1) is 17.5. The number of benzene rings is 3. The molecule has 5 heteroatoms. The Balaban J connectivity index is 1.82. The van der Waals surface area contributed by atoms with Crippen molar-refractivity contribution >= 4 is 49.7 Å². The lowest BCUT2D eigenvalue weighted by Crippen LogP contribution is -2.03. The van der Waals surface area contributed by atoms with Crippen LogP contribution in [0.15, 0.2) is 81.5 Å². The molecule has 4 aromatic rings. The molecule has 27 heavy (non-hydrogen) atoms. The van der Waals surface area contributed by atoms with Crippen LogP contribution in [0.25, 0.3) is 21.7 Å². The number of hydrogen-bond acceptors (Lipinski definition) is 2. The quantitative estimate of drug-likeness (QED) is 0.272. The largest absolute Gasteiger partial charge is 0.386 e. The van der Waals surface area contributed by atoms with Gasteiger partial charge in [0.2, 0.25) is 0 Å². The van der Waals surface area contributed by atoms with Crippen molar-refractivity contribution in [3.05, 3.63) is 82.5 Å². The molecular formula is C22H19BrN4. The molecule has 0 spiro atoms. The summed E-state index contributed by atoms with van der Waals surface area (Å²) in [6.07, 6.45) is 3.87. The Labute approximate surface area is 166 Å². The van der Waals surface area contributed by atoms with E-state index in [9.17, 15) is 0 Å². The van der Waals surface area contributed by atoms with Crippen LogP contribution in [0.3, 0.4) is 0 Å². The van der Waals surface area contributed by atoms with E-state index in [4.69, 9.17) is 5.73 Å². The van der Waals surface area contributed by atoms with Crippen molar-refractivity contribution in [1.82, 2.24) is 4.57 Å². The van der Waals surface area contributed by atoms with E-state index in [1.807, 2.05) is 0 Å². The van der Waals surface area contributed by atoms with Crippen LogP contribution in [0.5, 0.6) is 0 Å². The van der Waals surface area contributed by atoms with E-state index in [1.165, 1.54) is 16.3 Å². The summed E-state index contributed by atoms with van der Waals surface area (Å²) in [7, 11) is 0. The highest BCUT2D eigenvalue weighted by atomic mass is 79.9. The molecule has 1 aromatic heterocycles. The Morgan fingerprint density at radius 2 is 1.89 bits per heavy atom. The maximum Gasteiger partial charge on any atom is 0.119 e. The Hall–Kier alpha value is -2.92. The van der Waals surface area contributed by atoms with Crippen LogP contribution in [0.1, 0.15) is 18.1 Å². The van der Waals surface area contributed by atoms with Crippen molar-refractivity contribution < 1.29 is 0 Å². The van der Waals surface area contributed by atoms with Crippen molar-refractivity contribution in [2.45, 2.75) is 13.5 Å². The van der Waals surface area contributed by atoms with E-state index >= 15 is 0 Å². The Bertz CT molecular complexity index is 1180. The summed E-state index contributed by atoms with van der Waals surface area (Å²) >= 11 is 3.57. The summed E-state index contributed by atoms with van der Waals surface area (Å²) in [4.78, 5) is 0. The molecule has 0 fully saturated rings. The molecule has 0 unspecified atom stereocenters. The smallest absolute Gasteiger partial charge is 0.119 e. The number of nitrogens with two attached hydrogens (primary N) is 1. The highest BCUT2D eigenvalue weighted by molar-refractivity contribution is 9.10. The van der Waals surface area contributed by atoms with Crippen LogP contribution in [0, 0.1) is 0 Å². The second kappa shape index (κ2) is 7.37. The highest BCUT2D eigenvalue weighted by Gasteiger charge is 2.10. The molecule has 2 N–H and O–H groups in total. The Morgan fingerprint density at radius 3 is 2.74 bits per heavy atom. The molecule has 0 saturated carbocycles. The van der Waals surface area contributed by atoms with Crippen LogP contribution >= 0.6 is 15.9 Å². The molecule has 0 aliphatic rings. The average Bonchev–Trinajstić information content (AvgIpc) is 2.98. The number of aromatic nitrogens is 1. The van der Waals surface area contributed by atoms with E-state index < -0.39 is 0 Å². The normalized spacial score (nSPS) is 12.4. The van der Waals surface area contributed by atoms with Gasteiger partial charge in [-0.05, 0) is 41.5 Å². The van der Waals surface area contributed by atoms with Gasteiger partial charge in [0.05, 0.1) is 6.21 Å². The van der Waals surface area contributed by atoms with Crippen molar-refractivity contribution in [3.63, 3.8) is 0 Å². The van der Waals surface area contributed by atoms with Gasteiger partial charge >= 0.3 is 0 Å². The molecule has 4 rings (SSSR count). The van der Waals surface area contributed by atoms with E-state index in [0.717, 1.165) is 27.5 Å². The van der Waals surface area contributed by atoms with E-state index in [1.54, 1.807) is 13.1 Å². The van der Waals surface area contributed by atoms with Gasteiger partial charge < -0.3 is 10.3 Å². The first-order valence-corrected chi connectivity index (χ1v) is 9.49. The van der Waals surface area contributed by atoms with Gasteiger partial charge in [0, 0.05) is 33.7 Å². The number of fused-ring (bicyclic) bond motifs is 2. The minimum Gasteiger partial charge on any atom is -0.386 e. The summed E-state index contributed by atoms with van der Waals surface area (Å²) in [5.41, 5.74) is 9.03. The average molecular weight is 419 g/mol. The monoisotopic (exact) mass is 418 g/mol. The third-order valence-corrected chi connectivity index (χ3v) is 5.00. The molecule has 0 atom stereocenters. The van der Waals surface area contributed by atoms with Crippen molar-refractivity contribution in [3.8, 4) is 0 Å². The predicted octanol–water partition coefficient (Wildman–Crippen LogP) is 5.32. The van der Waals surface area contributed by atoms with Gasteiger partial charge in [-0.1, -0.05) is 58.4 Å². The SMILES string of the molecule is CC(N)=N/N=C/c1cn(Cc2cccc3ccccc23)c2ccc(Br)cc12. The van der Waals surface area contributed by atoms with Gasteiger partial charge in [0.1, 0.15) is 5.84 Å². The summed E-state index contributed by atoms with van der Waals surface area (Å²) < 4.78 is 3.29. The zero-order chi connectivity index (χ0) is 18.8. The maximum absolute atomic E-state index is 5.58.